The van der Waals surface area contributed by atoms with Crippen LogP contribution in [0.15, 0.2) is 45.6 Å². The summed E-state index contributed by atoms with van der Waals surface area (Å²) in [5.74, 6) is 1.18. The zero-order valence-corrected chi connectivity index (χ0v) is 18.4. The van der Waals surface area contributed by atoms with Gasteiger partial charge in [-0.3, -0.25) is 9.79 Å². The summed E-state index contributed by atoms with van der Waals surface area (Å²) in [6.07, 6.45) is 4.40. The summed E-state index contributed by atoms with van der Waals surface area (Å²) in [5.41, 5.74) is 9.48. The Morgan fingerprint density at radius 2 is 1.93 bits per heavy atom. The lowest BCUT2D eigenvalue weighted by Gasteiger charge is -2.32. The second kappa shape index (κ2) is 9.89. The van der Waals surface area contributed by atoms with Crippen molar-refractivity contribution in [3.05, 3.63) is 41.1 Å². The lowest BCUT2D eigenvalue weighted by atomic mass is 9.87. The van der Waals surface area contributed by atoms with Gasteiger partial charge in [-0.25, -0.2) is 5.01 Å². The van der Waals surface area contributed by atoms with Crippen LogP contribution in [-0.4, -0.2) is 42.2 Å². The van der Waals surface area contributed by atoms with Gasteiger partial charge in [-0.15, -0.1) is 0 Å². The lowest BCUT2D eigenvalue weighted by molar-refractivity contribution is -0.110. The number of carbonyl (C=O) groups is 1. The summed E-state index contributed by atoms with van der Waals surface area (Å²) < 4.78 is 5.14. The number of carbonyl (C=O) groups excluding carboxylic acids is 1. The van der Waals surface area contributed by atoms with Gasteiger partial charge < -0.3 is 15.8 Å². The molecule has 162 valence electrons. The average Bonchev–Trinajstić information content (AvgIpc) is 3.10. The van der Waals surface area contributed by atoms with Crippen molar-refractivity contribution in [3.8, 4) is 0 Å². The maximum absolute atomic E-state index is 13.1. The number of methoxy groups -OCH3 is 1. The van der Waals surface area contributed by atoms with Gasteiger partial charge in [0.1, 0.15) is 0 Å². The molecule has 30 heavy (non-hydrogen) atoms. The fourth-order valence-corrected chi connectivity index (χ4v) is 4.03. The van der Waals surface area contributed by atoms with E-state index in [0.717, 1.165) is 43.0 Å². The predicted octanol–water partition coefficient (Wildman–Crippen LogP) is 3.67. The molecule has 0 bridgehead atoms. The fraction of sp³-hybridized carbons (Fsp3) is 0.522. The van der Waals surface area contributed by atoms with Crippen LogP contribution in [0.4, 0.5) is 5.69 Å². The van der Waals surface area contributed by atoms with E-state index in [4.69, 9.17) is 15.6 Å². The van der Waals surface area contributed by atoms with E-state index in [1.807, 2.05) is 36.2 Å². The molecule has 0 unspecified atom stereocenters. The number of hydrazone groups is 1. The minimum atomic E-state index is -0.273. The Kier molecular flexibility index (Phi) is 7.26. The van der Waals surface area contributed by atoms with Crippen LogP contribution >= 0.6 is 0 Å². The van der Waals surface area contributed by atoms with Gasteiger partial charge in [0.2, 0.25) is 0 Å². The third-order valence-corrected chi connectivity index (χ3v) is 5.66. The molecule has 3 N–H and O–H groups in total. The smallest absolute Gasteiger partial charge is 0.276 e. The van der Waals surface area contributed by atoms with E-state index in [0.29, 0.717) is 35.8 Å². The Labute approximate surface area is 179 Å². The van der Waals surface area contributed by atoms with Crippen LogP contribution in [0.25, 0.3) is 0 Å². The molecule has 1 aromatic rings. The zero-order valence-electron chi connectivity index (χ0n) is 18.4. The maximum Gasteiger partial charge on any atom is 0.276 e. The summed E-state index contributed by atoms with van der Waals surface area (Å²) in [7, 11) is 1.66. The van der Waals surface area contributed by atoms with Crippen molar-refractivity contribution < 1.29 is 9.53 Å². The zero-order chi connectivity index (χ0) is 21.7. The van der Waals surface area contributed by atoms with Crippen molar-refractivity contribution in [2.24, 2.45) is 21.7 Å². The number of amides is 1. The number of hydrogen-bond donors (Lipinski definition) is 2. The van der Waals surface area contributed by atoms with Gasteiger partial charge in [0.25, 0.3) is 5.91 Å². The number of nitrogens with zero attached hydrogens (tertiary/aromatic N) is 3. The minimum Gasteiger partial charge on any atom is -0.402 e. The van der Waals surface area contributed by atoms with Gasteiger partial charge in [0.15, 0.2) is 11.5 Å². The molecule has 0 aromatic heterocycles. The molecular formula is C23H33N5O2. The molecule has 2 aliphatic rings. The topological polar surface area (TPSA) is 92.3 Å². The van der Waals surface area contributed by atoms with E-state index in [9.17, 15) is 4.79 Å². The predicted molar refractivity (Wildman–Crippen MR) is 121 cm³/mol. The third kappa shape index (κ3) is 4.90. The first-order valence-electron chi connectivity index (χ1n) is 10.7. The molecule has 0 saturated heterocycles. The number of anilines is 1. The molecule has 0 atom stereocenters. The van der Waals surface area contributed by atoms with Gasteiger partial charge in [-0.2, -0.15) is 5.10 Å². The molecular weight excluding hydrogens is 378 g/mol. The molecule has 7 heteroatoms. The third-order valence-electron chi connectivity index (χ3n) is 5.66. The Balaban J connectivity index is 1.86. The van der Waals surface area contributed by atoms with E-state index in [-0.39, 0.29) is 11.9 Å². The van der Waals surface area contributed by atoms with Crippen LogP contribution in [0.2, 0.25) is 0 Å². The fourth-order valence-electron chi connectivity index (χ4n) is 4.03. The van der Waals surface area contributed by atoms with Gasteiger partial charge in [-0.1, -0.05) is 19.1 Å². The Morgan fingerprint density at radius 3 is 2.50 bits per heavy atom. The Morgan fingerprint density at radius 1 is 1.27 bits per heavy atom. The Hall–Kier alpha value is -2.67. The largest absolute Gasteiger partial charge is 0.402 e. The number of allylic oxidation sites excluding steroid dienone is 1. The number of aliphatic imine (C=N–C) groups is 1. The molecule has 0 spiro atoms. The molecule has 1 saturated carbocycles. The van der Waals surface area contributed by atoms with E-state index in [2.05, 4.69) is 17.2 Å². The van der Waals surface area contributed by atoms with E-state index in [1.165, 1.54) is 0 Å². The number of ether oxygens (including phenoxy) is 1. The quantitative estimate of drug-likeness (QED) is 0.747. The molecule has 1 amide bonds. The monoisotopic (exact) mass is 411 g/mol. The van der Waals surface area contributed by atoms with Crippen molar-refractivity contribution in [2.45, 2.75) is 59.1 Å². The number of rotatable bonds is 6. The first-order chi connectivity index (χ1) is 14.4. The maximum atomic E-state index is 13.1. The van der Waals surface area contributed by atoms with Gasteiger partial charge in [0.05, 0.1) is 18.2 Å². The highest BCUT2D eigenvalue weighted by molar-refractivity contribution is 6.56. The highest BCUT2D eigenvalue weighted by Crippen LogP contribution is 2.32. The molecule has 1 heterocycles. The molecule has 1 fully saturated rings. The van der Waals surface area contributed by atoms with Crippen LogP contribution in [-0.2, 0) is 16.1 Å². The standard InChI is InChI=1S/C23H33N5O2/c1-5-25-22-20(16(3)24)21(27-28(22)19-12-6-15(2)7-13-19)23(29)26-18-10-8-17(9-11-18)14-30-4/h8-11,15,19H,5-7,12-14,24H2,1-4H3,(H,26,29)/b20-16+,25-22+. The van der Waals surface area contributed by atoms with E-state index >= 15 is 0 Å². The minimum absolute atomic E-state index is 0.250. The summed E-state index contributed by atoms with van der Waals surface area (Å²) in [4.78, 5) is 17.8. The molecule has 1 aliphatic heterocycles. The van der Waals surface area contributed by atoms with Gasteiger partial charge in [-0.05, 0) is 63.1 Å². The van der Waals surface area contributed by atoms with Crippen molar-refractivity contribution in [3.63, 3.8) is 0 Å². The molecule has 0 radical (unpaired) electrons. The molecule has 3 rings (SSSR count). The molecule has 1 aromatic carbocycles. The van der Waals surface area contributed by atoms with Gasteiger partial charge >= 0.3 is 0 Å². The van der Waals surface area contributed by atoms with Gasteiger partial charge in [0, 0.05) is 25.0 Å². The van der Waals surface area contributed by atoms with Crippen LogP contribution in [0.5, 0.6) is 0 Å². The molecule has 1 aliphatic carbocycles. The molecule has 7 nitrogen and oxygen atoms in total. The second-order valence-electron chi connectivity index (χ2n) is 8.15. The van der Waals surface area contributed by atoms with Crippen LogP contribution in [0.3, 0.4) is 0 Å². The highest BCUT2D eigenvalue weighted by atomic mass is 16.5. The number of amidine groups is 1. The van der Waals surface area contributed by atoms with Crippen molar-refractivity contribution in [1.82, 2.24) is 5.01 Å². The highest BCUT2D eigenvalue weighted by Gasteiger charge is 2.38. The van der Waals surface area contributed by atoms with Crippen LogP contribution in [0.1, 0.15) is 52.0 Å². The SMILES string of the molecule is CC/N=C1\C(=C(/C)N)C(C(=O)Nc2ccc(COC)cc2)=NN1C1CCC(C)CC1. The first-order valence-corrected chi connectivity index (χ1v) is 10.7. The second-order valence-corrected chi connectivity index (χ2v) is 8.15. The average molecular weight is 412 g/mol. The van der Waals surface area contributed by atoms with Crippen molar-refractivity contribution in [2.75, 3.05) is 19.0 Å². The van der Waals surface area contributed by atoms with Crippen LogP contribution in [0, 0.1) is 5.92 Å². The number of benzene rings is 1. The number of nitrogens with one attached hydrogen (secondary N) is 1. The number of hydrogen-bond acceptors (Lipinski definition) is 5. The van der Waals surface area contributed by atoms with E-state index in [1.54, 1.807) is 14.0 Å². The van der Waals surface area contributed by atoms with E-state index < -0.39 is 0 Å². The number of nitrogens with two attached hydrogens (primary N) is 1. The lowest BCUT2D eigenvalue weighted by Crippen LogP contribution is -2.37. The van der Waals surface area contributed by atoms with Crippen molar-refractivity contribution >= 4 is 23.1 Å². The first kappa shape index (κ1) is 22.0. The summed E-state index contributed by atoms with van der Waals surface area (Å²) in [6, 6.07) is 7.84. The van der Waals surface area contributed by atoms with Crippen molar-refractivity contribution in [1.29, 1.82) is 0 Å². The normalized spacial score (nSPS) is 24.7. The summed E-state index contributed by atoms with van der Waals surface area (Å²) in [5, 5.41) is 9.62. The summed E-state index contributed by atoms with van der Waals surface area (Å²) in [6.45, 7) is 7.21. The Bertz CT molecular complexity index is 845. The van der Waals surface area contributed by atoms with Crippen LogP contribution < -0.4 is 11.1 Å². The summed E-state index contributed by atoms with van der Waals surface area (Å²) >= 11 is 0.